The lowest BCUT2D eigenvalue weighted by Gasteiger charge is -2.32. The van der Waals surface area contributed by atoms with Crippen LogP contribution in [0.3, 0.4) is 0 Å². The molecular weight excluding hydrogens is 998 g/mol. The van der Waals surface area contributed by atoms with Crippen LogP contribution in [-0.2, 0) is 9.31 Å². The molecule has 0 aromatic heterocycles. The summed E-state index contributed by atoms with van der Waals surface area (Å²) in [5, 5.41) is 0. The fourth-order valence-corrected chi connectivity index (χ4v) is 12.0. The zero-order valence-electron chi connectivity index (χ0n) is 50.6. The standard InChI is InChI=1S/C73H94BNO6/c1-9-13-17-21-46-76-61-41-43-63(70(52-61)78-48-23-19-15-11-3)55-30-34-57(35-31-55)66(58-36-32-56(33-37-58)64-44-42-62(77-47-22-18-14-10-2)53-71(64)79-49-24-20-16-12-4)50-54-28-39-60(40-29-54)75-68-27-25-26-65(68)67-51-59(38-45-69(67)75)74-80-72(5,6)73(7,8)81-74/h28-45,50-53,65,68H,9-27,46-49H2,1-8H3. The van der Waals surface area contributed by atoms with Crippen LogP contribution in [0.25, 0.3) is 33.9 Å². The number of hydrogen-bond donors (Lipinski definition) is 0. The molecule has 3 aliphatic rings. The average Bonchev–Trinajstić information content (AvgIpc) is 4.30. The van der Waals surface area contributed by atoms with Crippen LogP contribution >= 0.6 is 0 Å². The lowest BCUT2D eigenvalue weighted by Crippen LogP contribution is -2.41. The van der Waals surface area contributed by atoms with E-state index < -0.39 is 0 Å². The molecule has 6 aromatic carbocycles. The molecule has 1 saturated heterocycles. The number of benzene rings is 6. The zero-order valence-corrected chi connectivity index (χ0v) is 50.6. The molecule has 0 spiro atoms. The highest BCUT2D eigenvalue weighted by Crippen LogP contribution is 2.52. The molecule has 0 amide bonds. The maximum atomic E-state index is 6.59. The summed E-state index contributed by atoms with van der Waals surface area (Å²) in [6, 6.07) is 47.5. The lowest BCUT2D eigenvalue weighted by molar-refractivity contribution is 0.00578. The second-order valence-electron chi connectivity index (χ2n) is 24.1. The second-order valence-corrected chi connectivity index (χ2v) is 24.1. The van der Waals surface area contributed by atoms with E-state index >= 15 is 0 Å². The quantitative estimate of drug-likeness (QED) is 0.0244. The van der Waals surface area contributed by atoms with Crippen LogP contribution in [0.1, 0.15) is 206 Å². The Morgan fingerprint density at radius 2 is 0.975 bits per heavy atom. The van der Waals surface area contributed by atoms with Crippen LogP contribution in [0.5, 0.6) is 23.0 Å². The zero-order chi connectivity index (χ0) is 56.6. The van der Waals surface area contributed by atoms with Crippen molar-refractivity contribution in [3.8, 4) is 45.3 Å². The number of unbranched alkanes of at least 4 members (excludes halogenated alkanes) is 12. The number of ether oxygens (including phenoxy) is 4. The summed E-state index contributed by atoms with van der Waals surface area (Å²) in [4.78, 5) is 2.61. The molecule has 0 radical (unpaired) electrons. The van der Waals surface area contributed by atoms with Crippen molar-refractivity contribution in [1.29, 1.82) is 0 Å². The lowest BCUT2D eigenvalue weighted by atomic mass is 9.77. The Morgan fingerprint density at radius 3 is 1.44 bits per heavy atom. The van der Waals surface area contributed by atoms with E-state index in [1.54, 1.807) is 0 Å². The number of anilines is 2. The van der Waals surface area contributed by atoms with Crippen molar-refractivity contribution in [3.63, 3.8) is 0 Å². The Kier molecular flexibility index (Phi) is 21.2. The highest BCUT2D eigenvalue weighted by Gasteiger charge is 2.52. The van der Waals surface area contributed by atoms with Crippen LogP contribution in [0.4, 0.5) is 11.4 Å². The van der Waals surface area contributed by atoms with Gasteiger partial charge >= 0.3 is 7.12 Å². The molecule has 0 N–H and O–H groups in total. The summed E-state index contributed by atoms with van der Waals surface area (Å²) in [7, 11) is -0.372. The van der Waals surface area contributed by atoms with E-state index in [4.69, 9.17) is 28.3 Å². The van der Waals surface area contributed by atoms with Crippen molar-refractivity contribution >= 4 is 35.6 Å². The molecule has 2 heterocycles. The molecule has 7 nitrogen and oxygen atoms in total. The third-order valence-corrected chi connectivity index (χ3v) is 17.5. The summed E-state index contributed by atoms with van der Waals surface area (Å²) in [6.07, 6.45) is 24.6. The molecule has 0 bridgehead atoms. The van der Waals surface area contributed by atoms with Crippen molar-refractivity contribution in [2.45, 2.75) is 201 Å². The van der Waals surface area contributed by atoms with E-state index in [-0.39, 0.29) is 18.3 Å². The minimum Gasteiger partial charge on any atom is -0.493 e. The minimum atomic E-state index is -0.383. The Labute approximate surface area is 488 Å². The number of hydrogen-bond acceptors (Lipinski definition) is 7. The van der Waals surface area contributed by atoms with Crippen molar-refractivity contribution in [2.24, 2.45) is 0 Å². The normalized spacial score (nSPS) is 16.8. The highest BCUT2D eigenvalue weighted by atomic mass is 16.7. The summed E-state index contributed by atoms with van der Waals surface area (Å²) >= 11 is 0. The Hall–Kier alpha value is -5.96. The predicted octanol–water partition coefficient (Wildman–Crippen LogP) is 19.5. The van der Waals surface area contributed by atoms with Gasteiger partial charge in [-0.1, -0.05) is 184 Å². The highest BCUT2D eigenvalue weighted by molar-refractivity contribution is 6.62. The van der Waals surface area contributed by atoms with Gasteiger partial charge in [0.25, 0.3) is 0 Å². The van der Waals surface area contributed by atoms with Gasteiger partial charge in [0.2, 0.25) is 0 Å². The van der Waals surface area contributed by atoms with E-state index in [0.717, 1.165) is 112 Å². The molecule has 2 aliphatic heterocycles. The molecule has 2 atom stereocenters. The number of fused-ring (bicyclic) bond motifs is 3. The van der Waals surface area contributed by atoms with Crippen LogP contribution in [0.15, 0.2) is 127 Å². The molecule has 430 valence electrons. The first-order valence-electron chi connectivity index (χ1n) is 31.6. The molecule has 1 saturated carbocycles. The van der Waals surface area contributed by atoms with Gasteiger partial charge in [-0.15, -0.1) is 0 Å². The number of rotatable bonds is 31. The van der Waals surface area contributed by atoms with E-state index in [0.29, 0.717) is 25.2 Å². The first-order chi connectivity index (χ1) is 39.5. The third kappa shape index (κ3) is 15.0. The van der Waals surface area contributed by atoms with Crippen molar-refractivity contribution in [1.82, 2.24) is 0 Å². The molecule has 6 aromatic rings. The molecule has 1 aliphatic carbocycles. The van der Waals surface area contributed by atoms with Gasteiger partial charge in [-0.05, 0) is 159 Å². The first-order valence-corrected chi connectivity index (χ1v) is 31.6. The van der Waals surface area contributed by atoms with Crippen LogP contribution < -0.4 is 29.3 Å². The second kappa shape index (κ2) is 28.8. The largest absolute Gasteiger partial charge is 0.494 e. The van der Waals surface area contributed by atoms with Gasteiger partial charge < -0.3 is 33.2 Å². The molecule has 2 fully saturated rings. The fraction of sp³-hybridized carbons (Fsp3) is 0.479. The summed E-state index contributed by atoms with van der Waals surface area (Å²) < 4.78 is 38.8. The molecule has 2 unspecified atom stereocenters. The monoisotopic (exact) mass is 1090 g/mol. The third-order valence-electron chi connectivity index (χ3n) is 17.5. The van der Waals surface area contributed by atoms with Crippen LogP contribution in [0, 0.1) is 0 Å². The van der Waals surface area contributed by atoms with Crippen molar-refractivity contribution in [2.75, 3.05) is 31.3 Å². The van der Waals surface area contributed by atoms with Crippen LogP contribution in [-0.4, -0.2) is 50.8 Å². The van der Waals surface area contributed by atoms with Gasteiger partial charge in [-0.2, -0.15) is 0 Å². The van der Waals surface area contributed by atoms with Crippen molar-refractivity contribution < 1.29 is 28.3 Å². The van der Waals surface area contributed by atoms with Crippen LogP contribution in [0.2, 0.25) is 0 Å². The maximum Gasteiger partial charge on any atom is 0.494 e. The smallest absolute Gasteiger partial charge is 0.493 e. The van der Waals surface area contributed by atoms with Gasteiger partial charge in [0.15, 0.2) is 0 Å². The van der Waals surface area contributed by atoms with Gasteiger partial charge in [-0.3, -0.25) is 0 Å². The van der Waals surface area contributed by atoms with Gasteiger partial charge in [0.1, 0.15) is 23.0 Å². The van der Waals surface area contributed by atoms with E-state index in [1.807, 2.05) is 0 Å². The van der Waals surface area contributed by atoms with E-state index in [2.05, 4.69) is 194 Å². The topological polar surface area (TPSA) is 58.6 Å². The van der Waals surface area contributed by atoms with Gasteiger partial charge in [-0.25, -0.2) is 0 Å². The van der Waals surface area contributed by atoms with E-state index in [9.17, 15) is 0 Å². The molecular formula is C73H94BNO6. The number of nitrogens with zero attached hydrogens (tertiary/aromatic N) is 1. The first kappa shape index (κ1) is 59.7. The molecule has 81 heavy (non-hydrogen) atoms. The fourth-order valence-electron chi connectivity index (χ4n) is 12.0. The summed E-state index contributed by atoms with van der Waals surface area (Å²) in [5.41, 5.74) is 13.3. The molecule has 8 heteroatoms. The van der Waals surface area contributed by atoms with E-state index in [1.165, 1.54) is 113 Å². The SMILES string of the molecule is CCCCCCOc1ccc(-c2ccc(C(=Cc3ccc(N4c5ccc(B6OC(C)(C)C(C)(C)O6)cc5C5CCCC54)cc3)c3ccc(-c4ccc(OCCCCCC)cc4OCCCCCC)cc3)cc2)c(OCCCCCC)c1. The summed E-state index contributed by atoms with van der Waals surface area (Å²) in [6.45, 7) is 20.3. The summed E-state index contributed by atoms with van der Waals surface area (Å²) in [5.74, 6) is 3.98. The van der Waals surface area contributed by atoms with Gasteiger partial charge in [0, 0.05) is 46.6 Å². The average molecular weight is 1090 g/mol. The Bertz CT molecular complexity index is 2810. The Morgan fingerprint density at radius 1 is 0.506 bits per heavy atom. The minimum absolute atomic E-state index is 0.372. The predicted molar refractivity (Wildman–Crippen MR) is 340 cm³/mol. The maximum absolute atomic E-state index is 6.59. The Balaban J connectivity index is 1.03. The van der Waals surface area contributed by atoms with Crippen molar-refractivity contribution in [3.05, 3.63) is 150 Å². The molecule has 9 rings (SSSR count). The van der Waals surface area contributed by atoms with Gasteiger partial charge in [0.05, 0.1) is 37.6 Å².